The maximum atomic E-state index is 12.5. The van der Waals surface area contributed by atoms with Crippen LogP contribution in [0.4, 0.5) is 4.79 Å². The first-order valence-electron chi connectivity index (χ1n) is 10.1. The molecule has 0 fully saturated rings. The largest absolute Gasteiger partial charge is 0.480 e. The van der Waals surface area contributed by atoms with E-state index in [0.717, 1.165) is 5.56 Å². The quantitative estimate of drug-likeness (QED) is 0.133. The number of hydrogen-bond donors (Lipinski definition) is 6. The van der Waals surface area contributed by atoms with E-state index in [1.807, 2.05) is 30.3 Å². The zero-order valence-electron chi connectivity index (χ0n) is 17.5. The molecular formula is C20H32N6O5. The molecule has 0 aliphatic rings. The van der Waals surface area contributed by atoms with Crippen molar-refractivity contribution in [2.75, 3.05) is 13.1 Å². The summed E-state index contributed by atoms with van der Waals surface area (Å²) in [6, 6.07) is 7.43. The van der Waals surface area contributed by atoms with Gasteiger partial charge in [0.1, 0.15) is 18.7 Å². The number of ether oxygens (including phenoxy) is 1. The number of rotatable bonds is 14. The number of hydrogen-bond acceptors (Lipinski definition) is 6. The van der Waals surface area contributed by atoms with Gasteiger partial charge in [-0.25, -0.2) is 4.79 Å². The van der Waals surface area contributed by atoms with Gasteiger partial charge in [-0.1, -0.05) is 30.3 Å². The summed E-state index contributed by atoms with van der Waals surface area (Å²) in [5.74, 6) is -1.47. The molecule has 0 aliphatic carbocycles. The van der Waals surface area contributed by atoms with Crippen molar-refractivity contribution in [1.29, 1.82) is 0 Å². The first-order valence-corrected chi connectivity index (χ1v) is 10.1. The molecule has 0 heterocycles. The van der Waals surface area contributed by atoms with E-state index in [0.29, 0.717) is 45.2 Å². The molecule has 1 rings (SSSR count). The van der Waals surface area contributed by atoms with E-state index in [4.69, 9.17) is 27.0 Å². The number of nitrogens with zero attached hydrogens (tertiary/aromatic N) is 1. The number of carbonyl (C=O) groups is 3. The molecule has 0 bridgehead atoms. The molecule has 11 nitrogen and oxygen atoms in total. The van der Waals surface area contributed by atoms with E-state index in [2.05, 4.69) is 15.6 Å². The van der Waals surface area contributed by atoms with E-state index in [9.17, 15) is 14.4 Å². The van der Waals surface area contributed by atoms with Crippen molar-refractivity contribution in [2.45, 2.75) is 50.8 Å². The van der Waals surface area contributed by atoms with Crippen molar-refractivity contribution < 1.29 is 24.2 Å². The number of carboxylic acids is 1. The number of nitrogens with one attached hydrogen (secondary N) is 2. The van der Waals surface area contributed by atoms with Crippen LogP contribution in [0.1, 0.15) is 37.7 Å². The number of aliphatic imine (C=N–C) groups is 1. The van der Waals surface area contributed by atoms with Gasteiger partial charge in [-0.2, -0.15) is 0 Å². The first-order chi connectivity index (χ1) is 14.8. The average Bonchev–Trinajstić information content (AvgIpc) is 2.74. The lowest BCUT2D eigenvalue weighted by Gasteiger charge is -2.18. The maximum Gasteiger partial charge on any atom is 0.408 e. The van der Waals surface area contributed by atoms with Crippen molar-refractivity contribution in [2.24, 2.45) is 22.2 Å². The summed E-state index contributed by atoms with van der Waals surface area (Å²) >= 11 is 0. The molecule has 0 aromatic heterocycles. The second kappa shape index (κ2) is 14.6. The number of aliphatic carboxylic acids is 1. The Bertz CT molecular complexity index is 724. The lowest BCUT2D eigenvalue weighted by Crippen LogP contribution is -2.47. The molecule has 0 saturated heterocycles. The third-order valence-electron chi connectivity index (χ3n) is 4.32. The number of unbranched alkanes of at least 4 members (excludes halogenated alkanes) is 1. The molecule has 31 heavy (non-hydrogen) atoms. The lowest BCUT2D eigenvalue weighted by atomic mass is 10.1. The Morgan fingerprint density at radius 1 is 1.06 bits per heavy atom. The monoisotopic (exact) mass is 436 g/mol. The zero-order valence-corrected chi connectivity index (χ0v) is 17.5. The topological polar surface area (TPSA) is 195 Å². The summed E-state index contributed by atoms with van der Waals surface area (Å²) in [6.45, 7) is 0.731. The normalized spacial score (nSPS) is 12.3. The molecule has 2 amide bonds. The highest BCUT2D eigenvalue weighted by Crippen LogP contribution is 2.04. The van der Waals surface area contributed by atoms with Gasteiger partial charge in [0.05, 0.1) is 0 Å². The first kappa shape index (κ1) is 25.7. The standard InChI is InChI=1S/C20H32N6O5/c21-15(18(28)29)9-4-5-11-24-17(27)16(10-6-12-25-19(22)23)26-20(30)31-13-14-7-2-1-3-8-14/h1-3,7-8,15-16H,4-6,9-13,21H2,(H,24,27)(H,26,30)(H,28,29)(H4,22,23,25)/t15-,16-/m0/s1. The van der Waals surface area contributed by atoms with Crippen molar-refractivity contribution in [3.8, 4) is 0 Å². The number of carbonyl (C=O) groups excluding carboxylic acids is 2. The lowest BCUT2D eigenvalue weighted by molar-refractivity contribution is -0.138. The Morgan fingerprint density at radius 2 is 1.77 bits per heavy atom. The minimum Gasteiger partial charge on any atom is -0.480 e. The van der Waals surface area contributed by atoms with Crippen molar-refractivity contribution in [1.82, 2.24) is 10.6 Å². The highest BCUT2D eigenvalue weighted by molar-refractivity contribution is 5.85. The van der Waals surface area contributed by atoms with E-state index < -0.39 is 24.1 Å². The van der Waals surface area contributed by atoms with Gasteiger partial charge < -0.3 is 37.7 Å². The number of guanidine groups is 1. The molecule has 11 heteroatoms. The van der Waals surface area contributed by atoms with Gasteiger partial charge in [0.25, 0.3) is 0 Å². The van der Waals surface area contributed by atoms with Gasteiger partial charge in [-0.15, -0.1) is 0 Å². The highest BCUT2D eigenvalue weighted by Gasteiger charge is 2.21. The van der Waals surface area contributed by atoms with E-state index in [1.165, 1.54) is 0 Å². The summed E-state index contributed by atoms with van der Waals surface area (Å²) in [4.78, 5) is 39.2. The Hall–Kier alpha value is -3.34. The Labute approximate surface area is 181 Å². The van der Waals surface area contributed by atoms with Crippen LogP contribution in [0.15, 0.2) is 35.3 Å². The highest BCUT2D eigenvalue weighted by atomic mass is 16.5. The third kappa shape index (κ3) is 12.1. The second-order valence-electron chi connectivity index (χ2n) is 6.94. The Kier molecular flexibility index (Phi) is 12.1. The van der Waals surface area contributed by atoms with Gasteiger partial charge in [0.2, 0.25) is 5.91 Å². The minimum absolute atomic E-state index is 0.0456. The van der Waals surface area contributed by atoms with Gasteiger partial charge in [0.15, 0.2) is 5.96 Å². The maximum absolute atomic E-state index is 12.5. The molecule has 2 atom stereocenters. The minimum atomic E-state index is -1.05. The summed E-state index contributed by atoms with van der Waals surface area (Å²) < 4.78 is 5.18. The fourth-order valence-electron chi connectivity index (χ4n) is 2.63. The van der Waals surface area contributed by atoms with Crippen LogP contribution in [0.3, 0.4) is 0 Å². The summed E-state index contributed by atoms with van der Waals surface area (Å²) in [5.41, 5.74) is 16.9. The molecule has 9 N–H and O–H groups in total. The van der Waals surface area contributed by atoms with Crippen molar-refractivity contribution >= 4 is 23.9 Å². The smallest absolute Gasteiger partial charge is 0.408 e. The molecule has 1 aromatic carbocycles. The molecule has 1 aromatic rings. The van der Waals surface area contributed by atoms with Gasteiger partial charge in [-0.3, -0.25) is 14.6 Å². The van der Waals surface area contributed by atoms with Gasteiger partial charge in [0, 0.05) is 13.1 Å². The van der Waals surface area contributed by atoms with Crippen LogP contribution in [-0.4, -0.2) is 54.2 Å². The SMILES string of the molecule is NC(N)=NCCC[C@H](NC(=O)OCc1ccccc1)C(=O)NCCCC[C@H](N)C(=O)O. The van der Waals surface area contributed by atoms with Crippen LogP contribution in [0.2, 0.25) is 0 Å². The van der Waals surface area contributed by atoms with Crippen molar-refractivity contribution in [3.63, 3.8) is 0 Å². The Morgan fingerprint density at radius 3 is 2.42 bits per heavy atom. The van der Waals surface area contributed by atoms with Crippen LogP contribution in [-0.2, 0) is 20.9 Å². The van der Waals surface area contributed by atoms with Crippen molar-refractivity contribution in [3.05, 3.63) is 35.9 Å². The van der Waals surface area contributed by atoms with E-state index in [1.54, 1.807) is 0 Å². The molecular weight excluding hydrogens is 404 g/mol. The molecule has 0 radical (unpaired) electrons. The van der Waals surface area contributed by atoms with Gasteiger partial charge >= 0.3 is 12.1 Å². The zero-order chi connectivity index (χ0) is 23.1. The number of alkyl carbamates (subject to hydrolysis) is 1. The molecule has 0 unspecified atom stereocenters. The van der Waals surface area contributed by atoms with Crippen LogP contribution < -0.4 is 27.8 Å². The fourth-order valence-corrected chi connectivity index (χ4v) is 2.63. The van der Waals surface area contributed by atoms with Crippen LogP contribution in [0.25, 0.3) is 0 Å². The van der Waals surface area contributed by atoms with E-state index >= 15 is 0 Å². The summed E-state index contributed by atoms with van der Waals surface area (Å²) in [5, 5.41) is 14.1. The molecule has 172 valence electrons. The van der Waals surface area contributed by atoms with Crippen LogP contribution in [0.5, 0.6) is 0 Å². The summed E-state index contributed by atoms with van der Waals surface area (Å²) in [6.07, 6.45) is 1.51. The average molecular weight is 437 g/mol. The fraction of sp³-hybridized carbons (Fsp3) is 0.500. The number of nitrogens with two attached hydrogens (primary N) is 3. The second-order valence-corrected chi connectivity index (χ2v) is 6.94. The Balaban J connectivity index is 2.48. The predicted molar refractivity (Wildman–Crippen MR) is 116 cm³/mol. The number of amides is 2. The third-order valence-corrected chi connectivity index (χ3v) is 4.32. The van der Waals surface area contributed by atoms with Crippen LogP contribution in [0, 0.1) is 0 Å². The predicted octanol–water partition coefficient (Wildman–Crippen LogP) is 0.0334. The molecule has 0 aliphatic heterocycles. The number of carboxylic acid groups (broad SMARTS) is 1. The van der Waals surface area contributed by atoms with Crippen LogP contribution >= 0.6 is 0 Å². The molecule has 0 spiro atoms. The summed E-state index contributed by atoms with van der Waals surface area (Å²) in [7, 11) is 0. The molecule has 0 saturated carbocycles. The number of benzene rings is 1. The van der Waals surface area contributed by atoms with E-state index in [-0.39, 0.29) is 18.5 Å². The van der Waals surface area contributed by atoms with Gasteiger partial charge in [-0.05, 0) is 37.7 Å².